The standard InChI is InChI=1S/C66H90N14O20/c1-3-4-13-48(64(98)76-52(33-57(87)88)66(100)75-50(61(67)95)30-41-10-6-5-7-11-41)74-65(99)51(31-43-34-68-47-14-9-8-12-46(43)47)73-54(83)35-69-53(82)32-44(29-42-15-17-45(81)18-16-42)71-62(96)40(2)70-63(97)49(19-20-56(85)86)72-55(84)36-77-21-23-78(37-58(89)90)25-27-80(39-60(93)94)28-26-79(24-22-77)38-59(91)92/h5-12,14-18,34,40,44,48-52,68,81H,3-4,13,19-33,35-39H2,1-2H3,(H2,67,95)(H,69,82)(H,70,97)(H,71,96)(H,72,84)(H,73,83)(H,74,99)(H,75,100)(H,76,98)(H,85,86)(H,87,88)(H,89,90)(H,91,92)(H,93,94)/t40-,44-,48-,49+,50-,51-,52-/m0/s1. The molecule has 3 aromatic carbocycles. The number of phenolic OH excluding ortho intramolecular Hbond substituents is 1. The number of carbonyl (C=O) groups is 14. The zero-order valence-electron chi connectivity index (χ0n) is 55.7. The van der Waals surface area contributed by atoms with E-state index < -0.39 is 177 Å². The number of rotatable bonds is 39. The number of H-pyrrole nitrogens is 1. The van der Waals surface area contributed by atoms with Gasteiger partial charge in [-0.1, -0.05) is 80.4 Å². The number of benzene rings is 3. The van der Waals surface area contributed by atoms with Crippen molar-refractivity contribution in [1.29, 1.82) is 0 Å². The van der Waals surface area contributed by atoms with E-state index in [-0.39, 0.29) is 90.3 Å². The molecule has 17 N–H and O–H groups in total. The number of fused-ring (bicyclic) bond motifs is 1. The number of hydrogen-bond donors (Lipinski definition) is 16. The maximum atomic E-state index is 14.5. The molecule has 0 saturated carbocycles. The fraction of sp³-hybridized carbons (Fsp3) is 0.485. The van der Waals surface area contributed by atoms with E-state index in [1.165, 1.54) is 31.2 Å². The molecule has 2 heterocycles. The van der Waals surface area contributed by atoms with E-state index in [2.05, 4.69) is 47.5 Å². The Bertz CT molecular complexity index is 3450. The maximum absolute atomic E-state index is 14.5. The van der Waals surface area contributed by atoms with E-state index in [1.54, 1.807) is 80.4 Å². The molecule has 1 aromatic heterocycles. The van der Waals surface area contributed by atoms with Gasteiger partial charge in [-0.25, -0.2) is 0 Å². The Kier molecular flexibility index (Phi) is 32.8. The van der Waals surface area contributed by atoms with Gasteiger partial charge in [0.05, 0.1) is 39.1 Å². The number of nitrogens with two attached hydrogens (primary N) is 1. The largest absolute Gasteiger partial charge is 0.508 e. The molecule has 1 fully saturated rings. The van der Waals surface area contributed by atoms with Crippen LogP contribution in [0.1, 0.15) is 75.5 Å². The van der Waals surface area contributed by atoms with E-state index in [1.807, 2.05) is 6.92 Å². The van der Waals surface area contributed by atoms with Gasteiger partial charge in [0.15, 0.2) is 0 Å². The number of aromatic amines is 1. The molecule has 1 aliphatic rings. The highest BCUT2D eigenvalue weighted by Gasteiger charge is 2.34. The first-order chi connectivity index (χ1) is 47.5. The lowest BCUT2D eigenvalue weighted by molar-refractivity contribution is -0.141. The van der Waals surface area contributed by atoms with Crippen molar-refractivity contribution in [3.63, 3.8) is 0 Å². The predicted molar refractivity (Wildman–Crippen MR) is 357 cm³/mol. The molecule has 1 aliphatic heterocycles. The lowest BCUT2D eigenvalue weighted by Crippen LogP contribution is -2.59. The molecule has 0 unspecified atom stereocenters. The Balaban J connectivity index is 1.28. The van der Waals surface area contributed by atoms with Crippen LogP contribution in [0, 0.1) is 0 Å². The number of aliphatic carboxylic acids is 5. The second-order valence-corrected chi connectivity index (χ2v) is 24.3. The monoisotopic (exact) mass is 1400 g/mol. The van der Waals surface area contributed by atoms with Crippen molar-refractivity contribution < 1.29 is 97.8 Å². The van der Waals surface area contributed by atoms with Crippen molar-refractivity contribution in [2.75, 3.05) is 85.1 Å². The van der Waals surface area contributed by atoms with Gasteiger partial charge in [0, 0.05) is 101 Å². The minimum Gasteiger partial charge on any atom is -0.508 e. The second kappa shape index (κ2) is 41.0. The number of nitrogens with one attached hydrogen (secondary N) is 9. The number of aromatic nitrogens is 1. The van der Waals surface area contributed by atoms with E-state index in [0.29, 0.717) is 40.4 Å². The van der Waals surface area contributed by atoms with Crippen molar-refractivity contribution >= 4 is 93.9 Å². The number of primary amides is 1. The SMILES string of the molecule is CCCC[C@H](NC(=O)[C@H](Cc1c[nH]c2ccccc12)NC(=O)CNC(=O)C[C@H](Cc1ccc(O)cc1)NC(=O)[C@H](C)NC(=O)[C@@H](CCC(=O)O)NC(=O)CN1CCN(CC(=O)O)CCN(CC(=O)O)CCN(CC(=O)O)CC1)C(=O)N[C@@H](CC(=O)O)C(=O)N[C@@H](Cc1ccccc1)C(N)=O. The third-order valence-corrected chi connectivity index (χ3v) is 16.3. The van der Waals surface area contributed by atoms with Crippen LogP contribution in [0.4, 0.5) is 0 Å². The van der Waals surface area contributed by atoms with Crippen molar-refractivity contribution in [2.45, 2.75) is 120 Å². The van der Waals surface area contributed by atoms with Gasteiger partial charge in [0.2, 0.25) is 53.2 Å². The zero-order chi connectivity index (χ0) is 73.4. The van der Waals surface area contributed by atoms with Crippen LogP contribution in [-0.2, 0) is 86.4 Å². The number of para-hydroxylation sites is 1. The quantitative estimate of drug-likeness (QED) is 0.0216. The summed E-state index contributed by atoms with van der Waals surface area (Å²) < 4.78 is 0. The summed E-state index contributed by atoms with van der Waals surface area (Å²) in [5.41, 5.74) is 7.98. The smallest absolute Gasteiger partial charge is 0.317 e. The molecule has 9 amide bonds. The second-order valence-electron chi connectivity index (χ2n) is 24.3. The summed E-state index contributed by atoms with van der Waals surface area (Å²) in [5, 5.41) is 79.2. The first-order valence-corrected chi connectivity index (χ1v) is 32.6. The van der Waals surface area contributed by atoms with Crippen LogP contribution in [0.5, 0.6) is 5.75 Å². The molecule has 0 aliphatic carbocycles. The summed E-state index contributed by atoms with van der Waals surface area (Å²) in [4.78, 5) is 193. The number of carboxylic acids is 5. The van der Waals surface area contributed by atoms with Crippen LogP contribution in [0.3, 0.4) is 0 Å². The van der Waals surface area contributed by atoms with E-state index in [9.17, 15) is 97.8 Å². The summed E-state index contributed by atoms with van der Waals surface area (Å²) in [6.07, 6.45) is -0.320. The lowest BCUT2D eigenvalue weighted by Gasteiger charge is -2.33. The normalized spacial score (nSPS) is 15.6. The molecule has 34 heteroatoms. The minimum atomic E-state index is -1.75. The Morgan fingerprint density at radius 3 is 1.51 bits per heavy atom. The van der Waals surface area contributed by atoms with E-state index >= 15 is 0 Å². The Hall–Kier alpha value is -10.6. The van der Waals surface area contributed by atoms with E-state index in [4.69, 9.17) is 5.73 Å². The van der Waals surface area contributed by atoms with Crippen LogP contribution in [0.2, 0.25) is 0 Å². The number of hydrogen-bond acceptors (Lipinski definition) is 19. The topological polar surface area (TPSA) is 511 Å². The molecule has 0 radical (unpaired) electrons. The minimum absolute atomic E-state index is 0.0163. The molecule has 1 saturated heterocycles. The fourth-order valence-electron chi connectivity index (χ4n) is 11.0. The van der Waals surface area contributed by atoms with Crippen LogP contribution < -0.4 is 48.3 Å². The maximum Gasteiger partial charge on any atom is 0.317 e. The van der Waals surface area contributed by atoms with E-state index in [0.717, 1.165) is 0 Å². The average Bonchev–Trinajstić information content (AvgIpc) is 1.69. The highest BCUT2D eigenvalue weighted by atomic mass is 16.4. The van der Waals surface area contributed by atoms with Gasteiger partial charge in [0.25, 0.3) is 0 Å². The van der Waals surface area contributed by atoms with Gasteiger partial charge in [-0.2, -0.15) is 0 Å². The predicted octanol–water partition coefficient (Wildman–Crippen LogP) is -2.69. The Morgan fingerprint density at radius 2 is 0.960 bits per heavy atom. The molecule has 5 rings (SSSR count). The highest BCUT2D eigenvalue weighted by Crippen LogP contribution is 2.20. The molecule has 7 atom stereocenters. The highest BCUT2D eigenvalue weighted by molar-refractivity contribution is 5.98. The molecular weight excluding hydrogens is 1310 g/mol. The number of unbranched alkanes of at least 4 members (excludes halogenated alkanes) is 1. The van der Waals surface area contributed by atoms with Crippen LogP contribution >= 0.6 is 0 Å². The lowest BCUT2D eigenvalue weighted by atomic mass is 10.0. The molecule has 4 aromatic rings. The van der Waals surface area contributed by atoms with Gasteiger partial charge >= 0.3 is 29.8 Å². The molecule has 34 nitrogen and oxygen atoms in total. The molecule has 544 valence electrons. The van der Waals surface area contributed by atoms with Crippen molar-refractivity contribution in [1.82, 2.24) is 67.1 Å². The first-order valence-electron chi connectivity index (χ1n) is 32.6. The van der Waals surface area contributed by atoms with Crippen LogP contribution in [0.15, 0.2) is 85.1 Å². The number of aromatic hydroxyl groups is 1. The summed E-state index contributed by atoms with van der Waals surface area (Å²) in [5.74, 6) is -14.5. The summed E-state index contributed by atoms with van der Waals surface area (Å²) >= 11 is 0. The third-order valence-electron chi connectivity index (χ3n) is 16.3. The van der Waals surface area contributed by atoms with Crippen molar-refractivity contribution in [2.24, 2.45) is 5.73 Å². The van der Waals surface area contributed by atoms with Gasteiger partial charge < -0.3 is 83.9 Å². The number of carboxylic acid groups (broad SMARTS) is 5. The number of carbonyl (C=O) groups excluding carboxylic acids is 9. The molecule has 0 spiro atoms. The molecule has 100 heavy (non-hydrogen) atoms. The number of phenols is 1. The molecular formula is C66H90N14O20. The van der Waals surface area contributed by atoms with Crippen molar-refractivity contribution in [3.8, 4) is 5.75 Å². The van der Waals surface area contributed by atoms with Crippen LogP contribution in [0.25, 0.3) is 10.9 Å². The fourth-order valence-corrected chi connectivity index (χ4v) is 11.0. The average molecular weight is 1400 g/mol. The zero-order valence-corrected chi connectivity index (χ0v) is 55.7. The summed E-state index contributed by atoms with van der Waals surface area (Å²) in [7, 11) is 0. The Morgan fingerprint density at radius 1 is 0.470 bits per heavy atom. The van der Waals surface area contributed by atoms with Gasteiger partial charge in [-0.3, -0.25) is 86.7 Å². The number of nitrogens with zero attached hydrogens (tertiary/aromatic N) is 4. The summed E-state index contributed by atoms with van der Waals surface area (Å²) in [6, 6.07) is 11.4. The first kappa shape index (κ1) is 80.1. The molecule has 0 bridgehead atoms. The summed E-state index contributed by atoms with van der Waals surface area (Å²) in [6.45, 7) is 1.33. The number of amides is 9. The van der Waals surface area contributed by atoms with Crippen LogP contribution in [-0.4, -0.2) is 266 Å². The van der Waals surface area contributed by atoms with Gasteiger partial charge in [-0.05, 0) is 61.1 Å². The van der Waals surface area contributed by atoms with Crippen molar-refractivity contribution in [3.05, 3.63) is 102 Å². The Labute approximate surface area is 575 Å². The third kappa shape index (κ3) is 29.2. The van der Waals surface area contributed by atoms with Gasteiger partial charge in [0.1, 0.15) is 42.0 Å². The van der Waals surface area contributed by atoms with Gasteiger partial charge in [-0.15, -0.1) is 0 Å².